The molecule has 120 valence electrons. The summed E-state index contributed by atoms with van der Waals surface area (Å²) < 4.78 is 58.0. The van der Waals surface area contributed by atoms with Crippen LogP contribution in [0.3, 0.4) is 0 Å². The molecule has 0 unspecified atom stereocenters. The summed E-state index contributed by atoms with van der Waals surface area (Å²) in [5.74, 6) is -0.243. The van der Waals surface area contributed by atoms with Gasteiger partial charge < -0.3 is 10.1 Å². The van der Waals surface area contributed by atoms with Crippen molar-refractivity contribution in [3.63, 3.8) is 0 Å². The number of hydrogen-bond donors (Lipinski definition) is 1. The van der Waals surface area contributed by atoms with Crippen molar-refractivity contribution in [3.8, 4) is 0 Å². The Hall–Kier alpha value is -2.09. The van der Waals surface area contributed by atoms with Gasteiger partial charge in [0.15, 0.2) is 0 Å². The van der Waals surface area contributed by atoms with Crippen molar-refractivity contribution in [2.75, 3.05) is 19.0 Å². The maximum Gasteiger partial charge on any atom is 0.416 e. The Kier molecular flexibility index (Phi) is 5.02. The number of methoxy groups -OCH3 is 1. The van der Waals surface area contributed by atoms with Crippen LogP contribution in [0.25, 0.3) is 0 Å². The number of hydrogen-bond acceptors (Lipinski definition) is 3. The number of anilines is 1. The van der Waals surface area contributed by atoms with Crippen molar-refractivity contribution in [2.24, 2.45) is 0 Å². The molecule has 0 amide bonds. The van der Waals surface area contributed by atoms with Crippen molar-refractivity contribution < 1.29 is 22.3 Å². The lowest BCUT2D eigenvalue weighted by atomic mass is 10.1. The van der Waals surface area contributed by atoms with E-state index in [0.717, 1.165) is 18.2 Å². The SMILES string of the molecule is COCCn1ccc(NCc2cc(C(F)(F)F)ccc2F)n1. The predicted octanol–water partition coefficient (Wildman–Crippen LogP) is 3.30. The first kappa shape index (κ1) is 16.3. The van der Waals surface area contributed by atoms with Gasteiger partial charge in [-0.15, -0.1) is 0 Å². The van der Waals surface area contributed by atoms with E-state index in [1.165, 1.54) is 0 Å². The van der Waals surface area contributed by atoms with E-state index >= 15 is 0 Å². The zero-order chi connectivity index (χ0) is 16.2. The zero-order valence-corrected chi connectivity index (χ0v) is 11.8. The monoisotopic (exact) mass is 317 g/mol. The van der Waals surface area contributed by atoms with E-state index in [4.69, 9.17) is 4.74 Å². The number of rotatable bonds is 6. The molecule has 0 aliphatic rings. The van der Waals surface area contributed by atoms with E-state index in [0.29, 0.717) is 19.0 Å². The topological polar surface area (TPSA) is 39.1 Å². The Morgan fingerprint density at radius 1 is 1.27 bits per heavy atom. The zero-order valence-electron chi connectivity index (χ0n) is 11.8. The summed E-state index contributed by atoms with van der Waals surface area (Å²) in [5.41, 5.74) is -0.947. The molecule has 0 spiro atoms. The minimum absolute atomic E-state index is 0.0683. The molecule has 4 nitrogen and oxygen atoms in total. The Bertz CT molecular complexity index is 625. The van der Waals surface area contributed by atoms with Gasteiger partial charge >= 0.3 is 6.18 Å². The van der Waals surface area contributed by atoms with Gasteiger partial charge in [0.2, 0.25) is 0 Å². The van der Waals surface area contributed by atoms with Crippen LogP contribution in [0.1, 0.15) is 11.1 Å². The van der Waals surface area contributed by atoms with Gasteiger partial charge in [0.25, 0.3) is 0 Å². The minimum atomic E-state index is -4.50. The molecule has 2 rings (SSSR count). The van der Waals surface area contributed by atoms with E-state index in [1.807, 2.05) is 0 Å². The van der Waals surface area contributed by atoms with Crippen LogP contribution in [0.4, 0.5) is 23.4 Å². The molecule has 0 aliphatic heterocycles. The molecule has 22 heavy (non-hydrogen) atoms. The van der Waals surface area contributed by atoms with Gasteiger partial charge in [-0.2, -0.15) is 18.3 Å². The lowest BCUT2D eigenvalue weighted by Gasteiger charge is -2.10. The van der Waals surface area contributed by atoms with Gasteiger partial charge in [-0.3, -0.25) is 4.68 Å². The molecular formula is C14H15F4N3O. The first-order valence-electron chi connectivity index (χ1n) is 6.52. The van der Waals surface area contributed by atoms with Gasteiger partial charge in [0.1, 0.15) is 11.6 Å². The summed E-state index contributed by atoms with van der Waals surface area (Å²) >= 11 is 0. The van der Waals surface area contributed by atoms with Crippen LogP contribution in [-0.2, 0) is 24.0 Å². The number of nitrogens with one attached hydrogen (secondary N) is 1. The Morgan fingerprint density at radius 3 is 2.73 bits per heavy atom. The van der Waals surface area contributed by atoms with Crippen LogP contribution >= 0.6 is 0 Å². The summed E-state index contributed by atoms with van der Waals surface area (Å²) in [7, 11) is 1.57. The lowest BCUT2D eigenvalue weighted by Crippen LogP contribution is -2.09. The first-order valence-corrected chi connectivity index (χ1v) is 6.52. The Labute approximate surface area is 124 Å². The highest BCUT2D eigenvalue weighted by atomic mass is 19.4. The maximum atomic E-state index is 13.6. The van der Waals surface area contributed by atoms with Crippen molar-refractivity contribution in [3.05, 3.63) is 47.4 Å². The highest BCUT2D eigenvalue weighted by Crippen LogP contribution is 2.30. The molecule has 0 saturated heterocycles. The number of alkyl halides is 3. The van der Waals surface area contributed by atoms with Gasteiger partial charge in [0.05, 0.1) is 18.7 Å². The largest absolute Gasteiger partial charge is 0.416 e. The predicted molar refractivity (Wildman–Crippen MR) is 72.8 cm³/mol. The summed E-state index contributed by atoms with van der Waals surface area (Å²) in [4.78, 5) is 0. The number of aromatic nitrogens is 2. The van der Waals surface area contributed by atoms with Gasteiger partial charge in [0, 0.05) is 31.5 Å². The average molecular weight is 317 g/mol. The van der Waals surface area contributed by atoms with E-state index in [-0.39, 0.29) is 12.1 Å². The van der Waals surface area contributed by atoms with E-state index in [9.17, 15) is 17.6 Å². The van der Waals surface area contributed by atoms with Gasteiger partial charge in [-0.25, -0.2) is 4.39 Å². The van der Waals surface area contributed by atoms with Crippen molar-refractivity contribution >= 4 is 5.82 Å². The normalized spacial score (nSPS) is 11.7. The molecule has 1 aromatic carbocycles. The molecule has 0 bridgehead atoms. The average Bonchev–Trinajstić information content (AvgIpc) is 2.91. The lowest BCUT2D eigenvalue weighted by molar-refractivity contribution is -0.137. The minimum Gasteiger partial charge on any atom is -0.383 e. The van der Waals surface area contributed by atoms with Crippen LogP contribution < -0.4 is 5.32 Å². The molecule has 1 N–H and O–H groups in total. The van der Waals surface area contributed by atoms with Crippen molar-refractivity contribution in [1.82, 2.24) is 9.78 Å². The fraction of sp³-hybridized carbons (Fsp3) is 0.357. The maximum absolute atomic E-state index is 13.6. The molecule has 1 heterocycles. The summed E-state index contributed by atoms with van der Waals surface area (Å²) in [6.45, 7) is 0.955. The molecule has 1 aromatic heterocycles. The molecular weight excluding hydrogens is 302 g/mol. The van der Waals surface area contributed by atoms with Gasteiger partial charge in [-0.1, -0.05) is 0 Å². The summed E-state index contributed by atoms with van der Waals surface area (Å²) in [6.07, 6.45) is -2.80. The first-order chi connectivity index (χ1) is 10.4. The van der Waals surface area contributed by atoms with Crippen LogP contribution in [0.5, 0.6) is 0 Å². The summed E-state index contributed by atoms with van der Waals surface area (Å²) in [5, 5.41) is 6.94. The standard InChI is InChI=1S/C14H15F4N3O/c1-22-7-6-21-5-4-13(20-21)19-9-10-8-11(14(16,17)18)2-3-12(10)15/h2-5,8H,6-7,9H2,1H3,(H,19,20). The molecule has 0 atom stereocenters. The quantitative estimate of drug-likeness (QED) is 0.831. The van der Waals surface area contributed by atoms with E-state index in [2.05, 4.69) is 10.4 Å². The fourth-order valence-corrected chi connectivity index (χ4v) is 1.84. The summed E-state index contributed by atoms with van der Waals surface area (Å²) in [6, 6.07) is 3.99. The second-order valence-electron chi connectivity index (χ2n) is 4.61. The molecule has 0 aliphatic carbocycles. The van der Waals surface area contributed by atoms with Crippen molar-refractivity contribution in [2.45, 2.75) is 19.3 Å². The number of ether oxygens (including phenoxy) is 1. The molecule has 8 heteroatoms. The molecule has 2 aromatic rings. The third-order valence-corrected chi connectivity index (χ3v) is 3.00. The third-order valence-electron chi connectivity index (χ3n) is 3.00. The fourth-order valence-electron chi connectivity index (χ4n) is 1.84. The van der Waals surface area contributed by atoms with Crippen LogP contribution in [0.15, 0.2) is 30.5 Å². The van der Waals surface area contributed by atoms with Crippen LogP contribution in [-0.4, -0.2) is 23.5 Å². The highest BCUT2D eigenvalue weighted by Gasteiger charge is 2.31. The molecule has 0 saturated carbocycles. The number of halogens is 4. The third kappa shape index (κ3) is 4.20. The Balaban J connectivity index is 2.03. The second-order valence-corrected chi connectivity index (χ2v) is 4.61. The van der Waals surface area contributed by atoms with Crippen molar-refractivity contribution in [1.29, 1.82) is 0 Å². The van der Waals surface area contributed by atoms with E-state index < -0.39 is 17.6 Å². The second kappa shape index (κ2) is 6.78. The van der Waals surface area contributed by atoms with Crippen LogP contribution in [0.2, 0.25) is 0 Å². The molecule has 0 radical (unpaired) electrons. The number of nitrogens with zero attached hydrogens (tertiary/aromatic N) is 2. The Morgan fingerprint density at radius 2 is 2.05 bits per heavy atom. The molecule has 0 fully saturated rings. The highest BCUT2D eigenvalue weighted by molar-refractivity contribution is 5.35. The number of benzene rings is 1. The smallest absolute Gasteiger partial charge is 0.383 e. The van der Waals surface area contributed by atoms with Gasteiger partial charge in [-0.05, 0) is 18.2 Å². The van der Waals surface area contributed by atoms with Crippen LogP contribution in [0, 0.1) is 5.82 Å². The van der Waals surface area contributed by atoms with E-state index in [1.54, 1.807) is 24.1 Å².